The Morgan fingerprint density at radius 1 is 1.33 bits per heavy atom. The lowest BCUT2D eigenvalue weighted by atomic mass is 10.0. The van der Waals surface area contributed by atoms with Crippen LogP contribution in [-0.4, -0.2) is 16.3 Å². The molecule has 0 aromatic rings. The molecule has 0 fully saturated rings. The number of aliphatic hydroxyl groups is 2. The van der Waals surface area contributed by atoms with Crippen LogP contribution in [0.25, 0.3) is 0 Å². The van der Waals surface area contributed by atoms with E-state index in [0.29, 0.717) is 12.3 Å². The smallest absolute Gasteiger partial charge is 0.0781 e. The molecule has 12 heavy (non-hydrogen) atoms. The van der Waals surface area contributed by atoms with Crippen molar-refractivity contribution in [1.82, 2.24) is 0 Å². The Labute approximate surface area is 74.9 Å². The third kappa shape index (κ3) is 6.23. The van der Waals surface area contributed by atoms with Crippen molar-refractivity contribution in [3.63, 3.8) is 0 Å². The van der Waals surface area contributed by atoms with Crippen LogP contribution in [0.4, 0.5) is 0 Å². The van der Waals surface area contributed by atoms with Gasteiger partial charge < -0.3 is 10.2 Å². The lowest BCUT2D eigenvalue weighted by Gasteiger charge is -2.11. The molecule has 1 atom stereocenters. The summed E-state index contributed by atoms with van der Waals surface area (Å²) < 4.78 is 0. The average molecular weight is 172 g/mol. The van der Waals surface area contributed by atoms with Crippen molar-refractivity contribution in [1.29, 1.82) is 0 Å². The quantitative estimate of drug-likeness (QED) is 0.626. The predicted molar refractivity (Wildman–Crippen MR) is 51.1 cm³/mol. The van der Waals surface area contributed by atoms with Crippen molar-refractivity contribution in [2.24, 2.45) is 5.92 Å². The third-order valence-electron chi connectivity index (χ3n) is 1.86. The molecule has 0 amide bonds. The first kappa shape index (κ1) is 11.5. The molecule has 2 nitrogen and oxygen atoms in total. The molecule has 0 saturated heterocycles. The van der Waals surface area contributed by atoms with Gasteiger partial charge in [-0.05, 0) is 37.7 Å². The van der Waals surface area contributed by atoms with Gasteiger partial charge in [0.2, 0.25) is 0 Å². The SMILES string of the molecule is CC(=CO)CC(O)CCC(C)C. The average Bonchev–Trinajstić information content (AvgIpc) is 2.00. The fourth-order valence-electron chi connectivity index (χ4n) is 1.05. The summed E-state index contributed by atoms with van der Waals surface area (Å²) in [5.74, 6) is 0.637. The molecule has 0 aliphatic heterocycles. The van der Waals surface area contributed by atoms with E-state index in [2.05, 4.69) is 13.8 Å². The number of aliphatic hydroxyl groups excluding tert-OH is 2. The molecule has 0 radical (unpaired) electrons. The van der Waals surface area contributed by atoms with Crippen LogP contribution in [0.15, 0.2) is 11.8 Å². The van der Waals surface area contributed by atoms with Crippen molar-refractivity contribution in [3.8, 4) is 0 Å². The van der Waals surface area contributed by atoms with Crippen molar-refractivity contribution in [2.45, 2.75) is 46.1 Å². The molecule has 1 unspecified atom stereocenters. The highest BCUT2D eigenvalue weighted by Gasteiger charge is 2.05. The molecule has 0 spiro atoms. The minimum Gasteiger partial charge on any atom is -0.516 e. The Morgan fingerprint density at radius 3 is 2.33 bits per heavy atom. The Hall–Kier alpha value is -0.500. The van der Waals surface area contributed by atoms with Gasteiger partial charge in [0.05, 0.1) is 12.4 Å². The normalized spacial score (nSPS) is 15.2. The van der Waals surface area contributed by atoms with Gasteiger partial charge in [-0.1, -0.05) is 13.8 Å². The standard InChI is InChI=1S/C10H20O2/c1-8(2)4-5-10(12)6-9(3)7-11/h7-8,10-12H,4-6H2,1-3H3. The van der Waals surface area contributed by atoms with Gasteiger partial charge in [-0.3, -0.25) is 0 Å². The monoisotopic (exact) mass is 172 g/mol. The van der Waals surface area contributed by atoms with Gasteiger partial charge in [-0.2, -0.15) is 0 Å². The Kier molecular flexibility index (Phi) is 5.81. The van der Waals surface area contributed by atoms with E-state index < -0.39 is 0 Å². The van der Waals surface area contributed by atoms with Crippen LogP contribution in [0.2, 0.25) is 0 Å². The summed E-state index contributed by atoms with van der Waals surface area (Å²) in [6.07, 6.45) is 3.22. The molecule has 0 aliphatic rings. The first-order chi connectivity index (χ1) is 5.56. The van der Waals surface area contributed by atoms with Crippen molar-refractivity contribution < 1.29 is 10.2 Å². The zero-order valence-electron chi connectivity index (χ0n) is 8.25. The van der Waals surface area contributed by atoms with Crippen LogP contribution >= 0.6 is 0 Å². The fourth-order valence-corrected chi connectivity index (χ4v) is 1.05. The Balaban J connectivity index is 3.53. The maximum atomic E-state index is 9.45. The van der Waals surface area contributed by atoms with Gasteiger partial charge in [-0.25, -0.2) is 0 Å². The zero-order chi connectivity index (χ0) is 9.56. The molecule has 2 N–H and O–H groups in total. The number of rotatable bonds is 5. The molecule has 0 rings (SSSR count). The first-order valence-corrected chi connectivity index (χ1v) is 4.54. The second-order valence-electron chi connectivity index (χ2n) is 3.80. The van der Waals surface area contributed by atoms with Gasteiger partial charge in [0.15, 0.2) is 0 Å². The highest BCUT2D eigenvalue weighted by molar-refractivity contribution is 4.93. The van der Waals surface area contributed by atoms with E-state index in [1.165, 1.54) is 0 Å². The van der Waals surface area contributed by atoms with Crippen LogP contribution < -0.4 is 0 Å². The molecule has 0 heterocycles. The summed E-state index contributed by atoms with van der Waals surface area (Å²) in [7, 11) is 0. The van der Waals surface area contributed by atoms with Crippen LogP contribution in [0, 0.1) is 5.92 Å². The second kappa shape index (κ2) is 6.06. The fraction of sp³-hybridized carbons (Fsp3) is 0.800. The minimum absolute atomic E-state index is 0.296. The maximum absolute atomic E-state index is 9.45. The van der Waals surface area contributed by atoms with Crippen LogP contribution in [0.3, 0.4) is 0 Å². The van der Waals surface area contributed by atoms with Crippen molar-refractivity contribution in [3.05, 3.63) is 11.8 Å². The minimum atomic E-state index is -0.296. The van der Waals surface area contributed by atoms with E-state index in [1.807, 2.05) is 6.92 Å². The van der Waals surface area contributed by atoms with E-state index >= 15 is 0 Å². The molecular weight excluding hydrogens is 152 g/mol. The van der Waals surface area contributed by atoms with Crippen LogP contribution in [0.1, 0.15) is 40.0 Å². The van der Waals surface area contributed by atoms with E-state index in [9.17, 15) is 5.11 Å². The molecule has 0 aliphatic carbocycles. The lowest BCUT2D eigenvalue weighted by molar-refractivity contribution is 0.156. The molecule has 0 aromatic carbocycles. The van der Waals surface area contributed by atoms with Crippen LogP contribution in [0.5, 0.6) is 0 Å². The van der Waals surface area contributed by atoms with E-state index in [-0.39, 0.29) is 6.10 Å². The topological polar surface area (TPSA) is 40.5 Å². The summed E-state index contributed by atoms with van der Waals surface area (Å²) >= 11 is 0. The van der Waals surface area contributed by atoms with Crippen LogP contribution in [-0.2, 0) is 0 Å². The third-order valence-corrected chi connectivity index (χ3v) is 1.86. The second-order valence-corrected chi connectivity index (χ2v) is 3.80. The van der Waals surface area contributed by atoms with Gasteiger partial charge in [0.1, 0.15) is 0 Å². The first-order valence-electron chi connectivity index (χ1n) is 4.54. The molecule has 72 valence electrons. The molecule has 0 saturated carbocycles. The maximum Gasteiger partial charge on any atom is 0.0781 e. The van der Waals surface area contributed by atoms with E-state index in [1.54, 1.807) is 0 Å². The van der Waals surface area contributed by atoms with E-state index in [0.717, 1.165) is 24.7 Å². The van der Waals surface area contributed by atoms with Gasteiger partial charge in [0.25, 0.3) is 0 Å². The summed E-state index contributed by atoms with van der Waals surface area (Å²) in [5, 5.41) is 18.0. The number of hydrogen-bond acceptors (Lipinski definition) is 2. The zero-order valence-corrected chi connectivity index (χ0v) is 8.25. The van der Waals surface area contributed by atoms with Gasteiger partial charge in [-0.15, -0.1) is 0 Å². The summed E-state index contributed by atoms with van der Waals surface area (Å²) in [5.41, 5.74) is 0.839. The summed E-state index contributed by atoms with van der Waals surface area (Å²) in [6, 6.07) is 0. The Morgan fingerprint density at radius 2 is 1.92 bits per heavy atom. The molecule has 2 heteroatoms. The Bertz CT molecular complexity index is 139. The molecule has 0 bridgehead atoms. The number of hydrogen-bond donors (Lipinski definition) is 2. The summed E-state index contributed by atoms with van der Waals surface area (Å²) in [6.45, 7) is 6.10. The van der Waals surface area contributed by atoms with Crippen molar-refractivity contribution in [2.75, 3.05) is 0 Å². The predicted octanol–water partition coefficient (Wildman–Crippen LogP) is 2.64. The summed E-state index contributed by atoms with van der Waals surface area (Å²) in [4.78, 5) is 0. The highest BCUT2D eigenvalue weighted by Crippen LogP contribution is 2.12. The van der Waals surface area contributed by atoms with E-state index in [4.69, 9.17) is 5.11 Å². The molecule has 0 aromatic heterocycles. The van der Waals surface area contributed by atoms with Gasteiger partial charge >= 0.3 is 0 Å². The largest absolute Gasteiger partial charge is 0.516 e. The molecular formula is C10H20O2. The van der Waals surface area contributed by atoms with Gasteiger partial charge in [0, 0.05) is 0 Å². The highest BCUT2D eigenvalue weighted by atomic mass is 16.3. The van der Waals surface area contributed by atoms with Crippen molar-refractivity contribution >= 4 is 0 Å². The lowest BCUT2D eigenvalue weighted by Crippen LogP contribution is -2.08.